The summed E-state index contributed by atoms with van der Waals surface area (Å²) in [6.45, 7) is 5.07. The molecule has 0 fully saturated rings. The Labute approximate surface area is 211 Å². The van der Waals surface area contributed by atoms with Crippen molar-refractivity contribution in [2.45, 2.75) is 33.1 Å². The second-order valence-corrected chi connectivity index (χ2v) is 8.86. The third-order valence-corrected chi connectivity index (χ3v) is 6.48. The summed E-state index contributed by atoms with van der Waals surface area (Å²) in [5.41, 5.74) is 3.79. The third-order valence-electron chi connectivity index (χ3n) is 6.23. The quantitative estimate of drug-likeness (QED) is 0.315. The number of rotatable bonds is 11. The first-order chi connectivity index (χ1) is 16.8. The molecule has 182 valence electrons. The van der Waals surface area contributed by atoms with Gasteiger partial charge in [-0.1, -0.05) is 66.2 Å². The van der Waals surface area contributed by atoms with E-state index in [1.54, 1.807) is 35.2 Å². The maximum atomic E-state index is 12.9. The molecular weight excluding hydrogens is 462 g/mol. The number of benzene rings is 3. The van der Waals surface area contributed by atoms with Gasteiger partial charge in [0.1, 0.15) is 0 Å². The first-order valence-corrected chi connectivity index (χ1v) is 12.2. The molecule has 3 rings (SSSR count). The number of aryl methyl sites for hydroxylation is 1. The second kappa shape index (κ2) is 12.3. The number of carboxylic acids is 1. The van der Waals surface area contributed by atoms with Crippen molar-refractivity contribution in [3.63, 3.8) is 0 Å². The van der Waals surface area contributed by atoms with Crippen LogP contribution in [-0.4, -0.2) is 40.8 Å². The Hall–Kier alpha value is -3.44. The summed E-state index contributed by atoms with van der Waals surface area (Å²) in [4.78, 5) is 39.4. The molecule has 0 spiro atoms. The number of carbonyl (C=O) groups is 3. The van der Waals surface area contributed by atoms with Crippen molar-refractivity contribution in [2.75, 3.05) is 13.1 Å². The highest BCUT2D eigenvalue weighted by Crippen LogP contribution is 2.24. The van der Waals surface area contributed by atoms with E-state index in [-0.39, 0.29) is 24.5 Å². The number of nitrogens with zero attached hydrogens (tertiary/aromatic N) is 1. The highest BCUT2D eigenvalue weighted by Gasteiger charge is 2.23. The van der Waals surface area contributed by atoms with Gasteiger partial charge in [-0.05, 0) is 61.6 Å². The van der Waals surface area contributed by atoms with Crippen LogP contribution in [0.15, 0.2) is 72.8 Å². The van der Waals surface area contributed by atoms with E-state index < -0.39 is 11.9 Å². The van der Waals surface area contributed by atoms with E-state index >= 15 is 0 Å². The molecule has 0 aliphatic rings. The van der Waals surface area contributed by atoms with Gasteiger partial charge in [0, 0.05) is 35.7 Å². The zero-order chi connectivity index (χ0) is 25.4. The predicted molar refractivity (Wildman–Crippen MR) is 139 cm³/mol. The van der Waals surface area contributed by atoms with Crippen LogP contribution in [0.1, 0.15) is 53.0 Å². The van der Waals surface area contributed by atoms with Crippen LogP contribution >= 0.6 is 11.6 Å². The molecule has 0 aromatic heterocycles. The molecule has 5 nitrogen and oxygen atoms in total. The van der Waals surface area contributed by atoms with Crippen molar-refractivity contribution in [3.05, 3.63) is 94.5 Å². The van der Waals surface area contributed by atoms with Crippen molar-refractivity contribution in [1.82, 2.24) is 4.90 Å². The molecule has 0 saturated carbocycles. The number of ketones is 1. The fourth-order valence-electron chi connectivity index (χ4n) is 4.10. The van der Waals surface area contributed by atoms with Gasteiger partial charge in [-0.25, -0.2) is 0 Å². The van der Waals surface area contributed by atoms with Crippen LogP contribution in [0.3, 0.4) is 0 Å². The van der Waals surface area contributed by atoms with Crippen LogP contribution in [0.5, 0.6) is 0 Å². The minimum atomic E-state index is -1.01. The zero-order valence-electron chi connectivity index (χ0n) is 20.0. The van der Waals surface area contributed by atoms with Crippen LogP contribution in [-0.2, 0) is 11.2 Å². The molecule has 0 aliphatic heterocycles. The fourth-order valence-corrected chi connectivity index (χ4v) is 4.23. The van der Waals surface area contributed by atoms with Gasteiger partial charge in [0.2, 0.25) is 0 Å². The molecule has 1 unspecified atom stereocenters. The summed E-state index contributed by atoms with van der Waals surface area (Å²) in [6.07, 6.45) is 0.581. The molecule has 3 aromatic rings. The Balaban J connectivity index is 1.68. The molecule has 6 heteroatoms. The molecule has 1 atom stereocenters. The lowest BCUT2D eigenvalue weighted by atomic mass is 9.90. The molecule has 1 N–H and O–H groups in total. The molecule has 35 heavy (non-hydrogen) atoms. The fraction of sp³-hybridized carbons (Fsp3) is 0.276. The van der Waals surface area contributed by atoms with Crippen LogP contribution in [0.4, 0.5) is 0 Å². The minimum absolute atomic E-state index is 0.0608. The Bertz CT molecular complexity index is 1170. The van der Waals surface area contributed by atoms with E-state index in [9.17, 15) is 19.5 Å². The molecule has 0 aliphatic carbocycles. The summed E-state index contributed by atoms with van der Waals surface area (Å²) in [7, 11) is 0. The number of hydrogen-bond donors (Lipinski definition) is 1. The zero-order valence-corrected chi connectivity index (χ0v) is 20.8. The number of hydrogen-bond acceptors (Lipinski definition) is 3. The summed E-state index contributed by atoms with van der Waals surface area (Å²) in [6, 6.07) is 21.9. The Morgan fingerprint density at radius 1 is 0.857 bits per heavy atom. The molecule has 0 bridgehead atoms. The van der Waals surface area contributed by atoms with Crippen molar-refractivity contribution in [1.29, 1.82) is 0 Å². The number of halogens is 1. The van der Waals surface area contributed by atoms with E-state index in [2.05, 4.69) is 0 Å². The molecule has 0 saturated heterocycles. The summed E-state index contributed by atoms with van der Waals surface area (Å²) in [5.74, 6) is -2.12. The van der Waals surface area contributed by atoms with Crippen LogP contribution < -0.4 is 0 Å². The molecule has 1 amide bonds. The Kier molecular flexibility index (Phi) is 9.21. The lowest BCUT2D eigenvalue weighted by Gasteiger charge is -2.21. The standard InChI is InChI=1S/C29H30ClNO4/c1-3-31(4-2)28(33)26-8-6-5-7-22(26)11-14-24(29(34)35)19-27(32)23-12-9-20(10-13-23)21-15-17-25(30)18-16-21/h5-10,12-13,15-18,24H,3-4,11,14,19H2,1-2H3,(H,34,35). The first-order valence-electron chi connectivity index (χ1n) is 11.8. The summed E-state index contributed by atoms with van der Waals surface area (Å²) >= 11 is 5.94. The van der Waals surface area contributed by atoms with Crippen LogP contribution in [0.2, 0.25) is 5.02 Å². The molecular formula is C29H30ClNO4. The van der Waals surface area contributed by atoms with Crippen molar-refractivity contribution in [3.8, 4) is 11.1 Å². The van der Waals surface area contributed by atoms with Gasteiger partial charge in [0.25, 0.3) is 5.91 Å². The second-order valence-electron chi connectivity index (χ2n) is 8.42. The summed E-state index contributed by atoms with van der Waals surface area (Å²) < 4.78 is 0. The van der Waals surface area contributed by atoms with Gasteiger partial charge >= 0.3 is 5.97 Å². The topological polar surface area (TPSA) is 74.7 Å². The molecule has 3 aromatic carbocycles. The van der Waals surface area contributed by atoms with Crippen molar-refractivity contribution < 1.29 is 19.5 Å². The normalized spacial score (nSPS) is 11.6. The van der Waals surface area contributed by atoms with Gasteiger partial charge in [-0.15, -0.1) is 0 Å². The maximum absolute atomic E-state index is 12.9. The van der Waals surface area contributed by atoms with Gasteiger partial charge in [0.05, 0.1) is 5.92 Å². The predicted octanol–water partition coefficient (Wildman–Crippen LogP) is 6.40. The average molecular weight is 492 g/mol. The van der Waals surface area contributed by atoms with E-state index in [1.807, 2.05) is 56.3 Å². The van der Waals surface area contributed by atoms with Crippen molar-refractivity contribution in [2.24, 2.45) is 5.92 Å². The smallest absolute Gasteiger partial charge is 0.306 e. The van der Waals surface area contributed by atoms with E-state index in [0.29, 0.717) is 35.7 Å². The highest BCUT2D eigenvalue weighted by atomic mass is 35.5. The molecule has 0 heterocycles. The van der Waals surface area contributed by atoms with E-state index in [0.717, 1.165) is 16.7 Å². The summed E-state index contributed by atoms with van der Waals surface area (Å²) in [5, 5.41) is 10.4. The van der Waals surface area contributed by atoms with Gasteiger partial charge in [-0.3, -0.25) is 14.4 Å². The van der Waals surface area contributed by atoms with Crippen LogP contribution in [0, 0.1) is 5.92 Å². The minimum Gasteiger partial charge on any atom is -0.481 e. The first kappa shape index (κ1) is 26.2. The average Bonchev–Trinajstić information content (AvgIpc) is 2.87. The third kappa shape index (κ3) is 6.80. The number of aliphatic carboxylic acids is 1. The number of Topliss-reactive ketones (excluding diaryl/α,β-unsaturated/α-hetero) is 1. The van der Waals surface area contributed by atoms with Crippen LogP contribution in [0.25, 0.3) is 11.1 Å². The maximum Gasteiger partial charge on any atom is 0.306 e. The number of carbonyl (C=O) groups excluding carboxylic acids is 2. The lowest BCUT2D eigenvalue weighted by molar-refractivity contribution is -0.141. The van der Waals surface area contributed by atoms with Gasteiger partial charge < -0.3 is 10.0 Å². The highest BCUT2D eigenvalue weighted by molar-refractivity contribution is 6.30. The van der Waals surface area contributed by atoms with Crippen molar-refractivity contribution >= 4 is 29.3 Å². The van der Waals surface area contributed by atoms with E-state index in [4.69, 9.17) is 11.6 Å². The molecule has 0 radical (unpaired) electrons. The Morgan fingerprint density at radius 3 is 2.00 bits per heavy atom. The number of carboxylic acid groups (broad SMARTS) is 1. The van der Waals surface area contributed by atoms with E-state index in [1.165, 1.54) is 0 Å². The number of amides is 1. The monoisotopic (exact) mass is 491 g/mol. The largest absolute Gasteiger partial charge is 0.481 e. The Morgan fingerprint density at radius 2 is 1.43 bits per heavy atom. The van der Waals surface area contributed by atoms with Gasteiger partial charge in [0.15, 0.2) is 5.78 Å². The van der Waals surface area contributed by atoms with Gasteiger partial charge in [-0.2, -0.15) is 0 Å². The lowest BCUT2D eigenvalue weighted by Crippen LogP contribution is -2.31. The SMILES string of the molecule is CCN(CC)C(=O)c1ccccc1CCC(CC(=O)c1ccc(-c2ccc(Cl)cc2)cc1)C(=O)O.